The second-order valence-corrected chi connectivity index (χ2v) is 4.32. The molecule has 1 fully saturated rings. The fourth-order valence-electron chi connectivity index (χ4n) is 2.58. The summed E-state index contributed by atoms with van der Waals surface area (Å²) in [5.74, 6) is -0.305. The first-order chi connectivity index (χ1) is 6.70. The van der Waals surface area contributed by atoms with Crippen LogP contribution in [-0.4, -0.2) is 36.6 Å². The van der Waals surface area contributed by atoms with E-state index in [4.69, 9.17) is 11.6 Å². The van der Waals surface area contributed by atoms with Crippen LogP contribution in [0.5, 0.6) is 0 Å². The lowest BCUT2D eigenvalue weighted by atomic mass is 9.94. The van der Waals surface area contributed by atoms with Gasteiger partial charge in [-0.1, -0.05) is 11.6 Å². The van der Waals surface area contributed by atoms with Crippen LogP contribution in [0.4, 0.5) is 0 Å². The summed E-state index contributed by atoms with van der Waals surface area (Å²) < 4.78 is 0. The molecule has 2 bridgehead atoms. The van der Waals surface area contributed by atoms with Gasteiger partial charge in [-0.3, -0.25) is 9.69 Å². The van der Waals surface area contributed by atoms with Crippen molar-refractivity contribution in [3.05, 3.63) is 10.6 Å². The molecule has 0 aromatic carbocycles. The number of likely N-dealkylation sites (N-methyl/N-ethyl adjacent to an activating group) is 1. The van der Waals surface area contributed by atoms with Crippen molar-refractivity contribution in [3.8, 4) is 0 Å². The zero-order valence-corrected chi connectivity index (χ0v) is 8.70. The van der Waals surface area contributed by atoms with Gasteiger partial charge in [0.2, 0.25) is 0 Å². The Labute approximate surface area is 87.7 Å². The van der Waals surface area contributed by atoms with Crippen molar-refractivity contribution < 1.29 is 9.59 Å². The molecule has 2 heterocycles. The Morgan fingerprint density at radius 2 is 2.14 bits per heavy atom. The number of carbonyl (C=O) groups excluding carboxylic acids is 2. The van der Waals surface area contributed by atoms with Crippen molar-refractivity contribution in [2.45, 2.75) is 24.9 Å². The first kappa shape index (κ1) is 9.87. The lowest BCUT2D eigenvalue weighted by Crippen LogP contribution is -2.43. The SMILES string of the molecule is CN1C2CCC1C(C=O)C(Cl)=C2C=O. The third-order valence-corrected chi connectivity index (χ3v) is 3.84. The standard InChI is InChI=1S/C10H12ClNO2/c1-12-8-2-3-9(12)7(5-14)10(11)6(8)4-13/h4-6,8-9H,2-3H2,1H3. The fraction of sp³-hybridized carbons (Fsp3) is 0.600. The zero-order valence-electron chi connectivity index (χ0n) is 7.94. The summed E-state index contributed by atoms with van der Waals surface area (Å²) in [6, 6.07) is 0.315. The monoisotopic (exact) mass is 213 g/mol. The molecular formula is C10H12ClNO2. The number of fused-ring (bicyclic) bond motifs is 2. The summed E-state index contributed by atoms with van der Waals surface area (Å²) in [5.41, 5.74) is 0.597. The molecule has 3 unspecified atom stereocenters. The van der Waals surface area contributed by atoms with Gasteiger partial charge in [-0.05, 0) is 19.9 Å². The highest BCUT2D eigenvalue weighted by atomic mass is 35.5. The lowest BCUT2D eigenvalue weighted by molar-refractivity contribution is -0.111. The molecule has 0 saturated carbocycles. The van der Waals surface area contributed by atoms with Gasteiger partial charge in [0.1, 0.15) is 12.6 Å². The number of rotatable bonds is 2. The number of hydrogen-bond acceptors (Lipinski definition) is 3. The van der Waals surface area contributed by atoms with Crippen molar-refractivity contribution >= 4 is 24.2 Å². The Morgan fingerprint density at radius 3 is 2.71 bits per heavy atom. The first-order valence-corrected chi connectivity index (χ1v) is 5.10. The predicted molar refractivity (Wildman–Crippen MR) is 53.1 cm³/mol. The number of halogens is 1. The Balaban J connectivity index is 2.47. The van der Waals surface area contributed by atoms with Gasteiger partial charge in [0, 0.05) is 22.7 Å². The van der Waals surface area contributed by atoms with Gasteiger partial charge >= 0.3 is 0 Å². The maximum Gasteiger partial charge on any atom is 0.148 e. The van der Waals surface area contributed by atoms with Crippen LogP contribution < -0.4 is 0 Å². The maximum atomic E-state index is 10.9. The molecule has 0 aromatic heterocycles. The molecule has 2 aliphatic heterocycles. The second kappa shape index (κ2) is 3.48. The largest absolute Gasteiger partial charge is 0.303 e. The third kappa shape index (κ3) is 1.16. The summed E-state index contributed by atoms with van der Waals surface area (Å²) in [6.45, 7) is 0. The molecule has 0 radical (unpaired) electrons. The molecule has 1 saturated heterocycles. The molecule has 14 heavy (non-hydrogen) atoms. The molecule has 76 valence electrons. The van der Waals surface area contributed by atoms with Crippen LogP contribution in [0.25, 0.3) is 0 Å². The van der Waals surface area contributed by atoms with E-state index >= 15 is 0 Å². The minimum atomic E-state index is -0.305. The van der Waals surface area contributed by atoms with Crippen LogP contribution in [-0.2, 0) is 9.59 Å². The first-order valence-electron chi connectivity index (χ1n) is 4.72. The topological polar surface area (TPSA) is 37.4 Å². The molecule has 0 spiro atoms. The molecule has 2 aliphatic rings. The summed E-state index contributed by atoms with van der Waals surface area (Å²) in [6.07, 6.45) is 3.52. The highest BCUT2D eigenvalue weighted by Crippen LogP contribution is 2.41. The number of nitrogens with zero attached hydrogens (tertiary/aromatic N) is 1. The fourth-order valence-corrected chi connectivity index (χ4v) is 2.95. The second-order valence-electron chi connectivity index (χ2n) is 3.91. The highest BCUT2D eigenvalue weighted by Gasteiger charge is 2.44. The molecular weight excluding hydrogens is 202 g/mol. The van der Waals surface area contributed by atoms with Crippen LogP contribution in [0.2, 0.25) is 0 Å². The molecule has 4 heteroatoms. The molecule has 3 nitrogen and oxygen atoms in total. The minimum Gasteiger partial charge on any atom is -0.303 e. The van der Waals surface area contributed by atoms with E-state index in [1.165, 1.54) is 0 Å². The van der Waals surface area contributed by atoms with Crippen LogP contribution >= 0.6 is 11.6 Å². The minimum absolute atomic E-state index is 0.126. The van der Waals surface area contributed by atoms with Crippen LogP contribution in [0, 0.1) is 5.92 Å². The van der Waals surface area contributed by atoms with Crippen molar-refractivity contribution in [1.29, 1.82) is 0 Å². The molecule has 0 amide bonds. The van der Waals surface area contributed by atoms with Crippen molar-refractivity contribution in [2.24, 2.45) is 5.92 Å². The van der Waals surface area contributed by atoms with Crippen LogP contribution in [0.1, 0.15) is 12.8 Å². The Bertz CT molecular complexity index is 313. The summed E-state index contributed by atoms with van der Waals surface area (Å²) >= 11 is 6.03. The van der Waals surface area contributed by atoms with E-state index in [2.05, 4.69) is 4.90 Å². The van der Waals surface area contributed by atoms with Gasteiger partial charge in [0.15, 0.2) is 0 Å². The smallest absolute Gasteiger partial charge is 0.148 e. The Morgan fingerprint density at radius 1 is 1.43 bits per heavy atom. The molecule has 3 atom stereocenters. The highest BCUT2D eigenvalue weighted by molar-refractivity contribution is 6.32. The van der Waals surface area contributed by atoms with Gasteiger partial charge in [0.05, 0.1) is 5.92 Å². The summed E-state index contributed by atoms with van der Waals surface area (Å²) in [7, 11) is 1.95. The number of aldehydes is 2. The van der Waals surface area contributed by atoms with Crippen molar-refractivity contribution in [1.82, 2.24) is 4.90 Å². The third-order valence-electron chi connectivity index (χ3n) is 3.37. The van der Waals surface area contributed by atoms with Gasteiger partial charge in [-0.15, -0.1) is 0 Å². The quantitative estimate of drug-likeness (QED) is 0.642. The van der Waals surface area contributed by atoms with E-state index in [1.54, 1.807) is 0 Å². The van der Waals surface area contributed by atoms with Gasteiger partial charge in [0.25, 0.3) is 0 Å². The predicted octanol–water partition coefficient (Wildman–Crippen LogP) is 0.970. The van der Waals surface area contributed by atoms with E-state index in [9.17, 15) is 9.59 Å². The average Bonchev–Trinajstić information content (AvgIpc) is 2.48. The van der Waals surface area contributed by atoms with Gasteiger partial charge in [-0.2, -0.15) is 0 Å². The lowest BCUT2D eigenvalue weighted by Gasteiger charge is -2.35. The Kier molecular flexibility index (Phi) is 2.45. The van der Waals surface area contributed by atoms with Crippen molar-refractivity contribution in [2.75, 3.05) is 7.05 Å². The van der Waals surface area contributed by atoms with E-state index in [0.29, 0.717) is 10.6 Å². The van der Waals surface area contributed by atoms with E-state index in [1.807, 2.05) is 7.05 Å². The van der Waals surface area contributed by atoms with Gasteiger partial charge in [-0.25, -0.2) is 0 Å². The molecule has 0 N–H and O–H groups in total. The summed E-state index contributed by atoms with van der Waals surface area (Å²) in [5, 5.41) is 0.459. The van der Waals surface area contributed by atoms with Crippen LogP contribution in [0.3, 0.4) is 0 Å². The van der Waals surface area contributed by atoms with Crippen LogP contribution in [0.15, 0.2) is 10.6 Å². The van der Waals surface area contributed by atoms with Gasteiger partial charge < -0.3 is 4.79 Å². The Hall–Kier alpha value is -0.670. The van der Waals surface area contributed by atoms with E-state index in [-0.39, 0.29) is 18.0 Å². The zero-order chi connectivity index (χ0) is 10.3. The average molecular weight is 214 g/mol. The molecule has 0 aliphatic carbocycles. The number of hydrogen-bond donors (Lipinski definition) is 0. The normalized spacial score (nSPS) is 37.4. The number of carbonyl (C=O) groups is 2. The van der Waals surface area contributed by atoms with Crippen molar-refractivity contribution in [3.63, 3.8) is 0 Å². The summed E-state index contributed by atoms with van der Waals surface area (Å²) in [4.78, 5) is 23.9. The maximum absolute atomic E-state index is 10.9. The molecule has 2 rings (SSSR count). The van der Waals surface area contributed by atoms with E-state index in [0.717, 1.165) is 25.4 Å². The molecule has 0 aromatic rings. The van der Waals surface area contributed by atoms with E-state index < -0.39 is 0 Å².